The number of fused-ring (bicyclic) bond motifs is 1. The van der Waals surface area contributed by atoms with Crippen LogP contribution in [0.2, 0.25) is 0 Å². The summed E-state index contributed by atoms with van der Waals surface area (Å²) in [5.41, 5.74) is 6.04. The van der Waals surface area contributed by atoms with Crippen molar-refractivity contribution in [3.8, 4) is 0 Å². The fraction of sp³-hybridized carbons (Fsp3) is 0.179. The van der Waals surface area contributed by atoms with Gasteiger partial charge in [0.05, 0.1) is 5.56 Å². The van der Waals surface area contributed by atoms with Crippen LogP contribution in [0.3, 0.4) is 0 Å². The van der Waals surface area contributed by atoms with Crippen LogP contribution in [0.25, 0.3) is 0 Å². The maximum atomic E-state index is 13.3. The largest absolute Gasteiger partial charge is 0.394 e. The number of carbonyl (C=O) groups is 1. The zero-order valence-electron chi connectivity index (χ0n) is 19.9. The van der Waals surface area contributed by atoms with Gasteiger partial charge >= 0.3 is 0 Å². The van der Waals surface area contributed by atoms with Gasteiger partial charge in [-0.1, -0.05) is 53.7 Å². The van der Waals surface area contributed by atoms with Gasteiger partial charge in [-0.15, -0.1) is 11.8 Å². The molecule has 4 aromatic rings. The summed E-state index contributed by atoms with van der Waals surface area (Å²) in [6, 6.07) is 23.5. The van der Waals surface area contributed by atoms with Crippen LogP contribution in [0.1, 0.15) is 38.1 Å². The van der Waals surface area contributed by atoms with Crippen LogP contribution in [0.5, 0.6) is 0 Å². The van der Waals surface area contributed by atoms with Gasteiger partial charge in [0.25, 0.3) is 5.91 Å². The molecule has 0 radical (unpaired) electrons. The second-order valence-electron chi connectivity index (χ2n) is 8.31. The molecular formula is C28H27N5O2S. The van der Waals surface area contributed by atoms with E-state index >= 15 is 0 Å². The fourth-order valence-corrected chi connectivity index (χ4v) is 5.45. The van der Waals surface area contributed by atoms with E-state index in [4.69, 9.17) is 4.84 Å². The molecule has 5 rings (SSSR count). The van der Waals surface area contributed by atoms with Gasteiger partial charge in [-0.2, -0.15) is 0 Å². The predicted molar refractivity (Wildman–Crippen MR) is 144 cm³/mol. The molecule has 1 unspecified atom stereocenters. The average molecular weight is 498 g/mol. The van der Waals surface area contributed by atoms with Crippen LogP contribution in [-0.2, 0) is 10.6 Å². The molecule has 182 valence electrons. The second kappa shape index (κ2) is 11.2. The number of oxime groups is 1. The van der Waals surface area contributed by atoms with Crippen molar-refractivity contribution in [2.45, 2.75) is 11.1 Å². The first kappa shape index (κ1) is 23.8. The van der Waals surface area contributed by atoms with Gasteiger partial charge in [-0.3, -0.25) is 9.78 Å². The maximum absolute atomic E-state index is 13.3. The number of thioether (sulfide) groups is 1. The third-order valence-electron chi connectivity index (χ3n) is 5.91. The number of nitrogens with zero attached hydrogens (tertiary/aromatic N) is 3. The van der Waals surface area contributed by atoms with E-state index in [-0.39, 0.29) is 11.3 Å². The Bertz CT molecular complexity index is 1350. The molecule has 2 N–H and O–H groups in total. The lowest BCUT2D eigenvalue weighted by molar-refractivity contribution is 0.102. The van der Waals surface area contributed by atoms with E-state index in [1.54, 1.807) is 18.0 Å². The molecule has 0 bridgehead atoms. The van der Waals surface area contributed by atoms with Crippen molar-refractivity contribution < 1.29 is 9.63 Å². The third kappa shape index (κ3) is 5.19. The summed E-state index contributed by atoms with van der Waals surface area (Å²) in [4.78, 5) is 23.1. The van der Waals surface area contributed by atoms with Crippen molar-refractivity contribution >= 4 is 29.1 Å². The van der Waals surface area contributed by atoms with Crippen LogP contribution in [0, 0.1) is 0 Å². The Morgan fingerprint density at radius 3 is 2.78 bits per heavy atom. The number of carbonyl (C=O) groups excluding carboxylic acids is 1. The van der Waals surface area contributed by atoms with Crippen LogP contribution in [0.15, 0.2) is 96.5 Å². The number of rotatable bonds is 9. The number of pyridine rings is 1. The summed E-state index contributed by atoms with van der Waals surface area (Å²) in [5.74, 6) is 0.640. The summed E-state index contributed by atoms with van der Waals surface area (Å²) in [5, 5.41) is 10.7. The molecule has 3 heterocycles. The highest BCUT2D eigenvalue weighted by atomic mass is 32.2. The van der Waals surface area contributed by atoms with Gasteiger partial charge in [0, 0.05) is 59.0 Å². The summed E-state index contributed by atoms with van der Waals surface area (Å²) >= 11 is 1.79. The third-order valence-corrected chi connectivity index (χ3v) is 7.16. The SMILES string of the molecule is CNCCON=C(c1ccccc1)c1cccc(NC(=O)c2ccn3c2CSC3c2cccnc2)c1. The molecule has 0 fully saturated rings. The minimum atomic E-state index is -0.128. The van der Waals surface area contributed by atoms with Crippen LogP contribution >= 0.6 is 11.8 Å². The fourth-order valence-electron chi connectivity index (χ4n) is 4.14. The second-order valence-corrected chi connectivity index (χ2v) is 9.38. The number of aromatic nitrogens is 2. The topological polar surface area (TPSA) is 80.5 Å². The number of amides is 1. The standard InChI is InChI=1S/C28H27N5O2S/c1-29-14-16-35-32-26(20-7-3-2-4-8-20)21-9-5-11-23(17-21)31-27(34)24-12-15-33-25(24)19-36-28(33)22-10-6-13-30-18-22/h2-13,15,17-18,28-29H,14,16,19H2,1H3,(H,31,34). The van der Waals surface area contributed by atoms with Crippen molar-refractivity contribution in [3.63, 3.8) is 0 Å². The van der Waals surface area contributed by atoms with E-state index in [2.05, 4.69) is 31.4 Å². The predicted octanol–water partition coefficient (Wildman–Crippen LogP) is 4.92. The number of nitrogens with one attached hydrogen (secondary N) is 2. The monoisotopic (exact) mass is 497 g/mol. The van der Waals surface area contributed by atoms with Crippen molar-refractivity contribution in [2.24, 2.45) is 5.16 Å². The van der Waals surface area contributed by atoms with Crippen LogP contribution in [0.4, 0.5) is 5.69 Å². The first-order valence-corrected chi connectivity index (χ1v) is 12.8. The minimum Gasteiger partial charge on any atom is -0.394 e. The quantitative estimate of drug-likeness (QED) is 0.195. The molecule has 0 aliphatic carbocycles. The summed E-state index contributed by atoms with van der Waals surface area (Å²) in [6.45, 7) is 1.16. The number of hydrogen-bond donors (Lipinski definition) is 2. The van der Waals surface area contributed by atoms with Gasteiger partial charge < -0.3 is 20.0 Å². The molecule has 2 aromatic carbocycles. The maximum Gasteiger partial charge on any atom is 0.257 e. The molecule has 1 amide bonds. The van der Waals surface area contributed by atoms with Crippen LogP contribution in [-0.4, -0.2) is 41.4 Å². The molecule has 2 aromatic heterocycles. The summed E-state index contributed by atoms with van der Waals surface area (Å²) in [6.07, 6.45) is 5.64. The smallest absolute Gasteiger partial charge is 0.257 e. The van der Waals surface area contributed by atoms with Gasteiger partial charge in [-0.25, -0.2) is 0 Å². The molecule has 1 atom stereocenters. The Balaban J connectivity index is 1.36. The molecule has 1 aliphatic heterocycles. The number of hydrogen-bond acceptors (Lipinski definition) is 6. The average Bonchev–Trinajstić information content (AvgIpc) is 3.52. The minimum absolute atomic E-state index is 0.128. The first-order valence-electron chi connectivity index (χ1n) is 11.8. The van der Waals surface area contributed by atoms with E-state index in [1.807, 2.05) is 86.2 Å². The first-order chi connectivity index (χ1) is 17.7. The highest BCUT2D eigenvalue weighted by molar-refractivity contribution is 7.99. The highest BCUT2D eigenvalue weighted by Crippen LogP contribution is 2.41. The Morgan fingerprint density at radius 2 is 1.97 bits per heavy atom. The Morgan fingerprint density at radius 1 is 1.11 bits per heavy atom. The lowest BCUT2D eigenvalue weighted by atomic mass is 10.0. The molecule has 0 spiro atoms. The number of likely N-dealkylation sites (N-methyl/N-ethyl adjacent to an activating group) is 1. The molecular weight excluding hydrogens is 470 g/mol. The Labute approximate surface area is 214 Å². The summed E-state index contributed by atoms with van der Waals surface area (Å²) < 4.78 is 2.16. The van der Waals surface area contributed by atoms with Crippen LogP contribution < -0.4 is 10.6 Å². The molecule has 1 aliphatic rings. The zero-order chi connectivity index (χ0) is 24.7. The van der Waals surface area contributed by atoms with Crippen molar-refractivity contribution in [1.82, 2.24) is 14.9 Å². The van der Waals surface area contributed by atoms with Crippen molar-refractivity contribution in [2.75, 3.05) is 25.5 Å². The lowest BCUT2D eigenvalue weighted by Gasteiger charge is -2.12. The Kier molecular flexibility index (Phi) is 7.44. The van der Waals surface area contributed by atoms with Crippen molar-refractivity contribution in [1.29, 1.82) is 0 Å². The Hall–Kier alpha value is -3.88. The molecule has 36 heavy (non-hydrogen) atoms. The molecule has 7 nitrogen and oxygen atoms in total. The zero-order valence-corrected chi connectivity index (χ0v) is 20.7. The molecule has 0 saturated carbocycles. The van der Waals surface area contributed by atoms with Gasteiger partial charge in [0.15, 0.2) is 0 Å². The normalized spacial score (nSPS) is 14.9. The van der Waals surface area contributed by atoms with E-state index in [1.165, 1.54) is 0 Å². The van der Waals surface area contributed by atoms with Gasteiger partial charge in [-0.05, 0) is 31.3 Å². The van der Waals surface area contributed by atoms with E-state index in [9.17, 15) is 4.79 Å². The molecule has 0 saturated heterocycles. The van der Waals surface area contributed by atoms with E-state index in [0.717, 1.165) is 28.1 Å². The number of benzene rings is 2. The number of anilines is 1. The molecule has 8 heteroatoms. The van der Waals surface area contributed by atoms with Gasteiger partial charge in [0.2, 0.25) is 0 Å². The highest BCUT2D eigenvalue weighted by Gasteiger charge is 2.28. The van der Waals surface area contributed by atoms with Crippen molar-refractivity contribution in [3.05, 3.63) is 119 Å². The lowest BCUT2D eigenvalue weighted by Crippen LogP contribution is -2.15. The van der Waals surface area contributed by atoms with Gasteiger partial charge in [0.1, 0.15) is 17.7 Å². The summed E-state index contributed by atoms with van der Waals surface area (Å²) in [7, 11) is 1.87. The van der Waals surface area contributed by atoms with E-state index < -0.39 is 0 Å². The van der Waals surface area contributed by atoms with E-state index in [0.29, 0.717) is 30.1 Å².